The summed E-state index contributed by atoms with van der Waals surface area (Å²) in [6, 6.07) is 66.1. The van der Waals surface area contributed by atoms with Crippen molar-refractivity contribution in [1.82, 2.24) is 15.0 Å². The molecule has 0 radical (unpaired) electrons. The molecular formula is C57H35N3O2. The van der Waals surface area contributed by atoms with Gasteiger partial charge in [0, 0.05) is 38.2 Å². The van der Waals surface area contributed by atoms with Gasteiger partial charge in [0.1, 0.15) is 22.3 Å². The first-order valence-electron chi connectivity index (χ1n) is 21.1. The van der Waals surface area contributed by atoms with E-state index in [4.69, 9.17) is 23.8 Å². The summed E-state index contributed by atoms with van der Waals surface area (Å²) in [6.07, 6.45) is 1.55. The molecule has 0 aliphatic heterocycles. The zero-order valence-electron chi connectivity index (χ0n) is 33.5. The minimum atomic E-state index is 0.617. The van der Waals surface area contributed by atoms with Gasteiger partial charge in [0.15, 0.2) is 17.5 Å². The summed E-state index contributed by atoms with van der Waals surface area (Å²) in [5.74, 6) is 1.94. The lowest BCUT2D eigenvalue weighted by Gasteiger charge is -2.18. The molecular weight excluding hydrogens is 759 g/mol. The molecule has 5 nitrogen and oxygen atoms in total. The third-order valence-corrected chi connectivity index (χ3v) is 12.7. The highest BCUT2D eigenvalue weighted by Crippen LogP contribution is 2.40. The van der Waals surface area contributed by atoms with E-state index in [9.17, 15) is 0 Å². The molecule has 0 unspecified atom stereocenters. The van der Waals surface area contributed by atoms with E-state index in [0.29, 0.717) is 17.5 Å². The monoisotopic (exact) mass is 793 g/mol. The first-order chi connectivity index (χ1) is 30.7. The van der Waals surface area contributed by atoms with E-state index in [0.717, 1.165) is 84.0 Å². The predicted molar refractivity (Wildman–Crippen MR) is 252 cm³/mol. The number of aromatic nitrogens is 3. The molecule has 0 fully saturated rings. The van der Waals surface area contributed by atoms with E-state index in [1.165, 1.54) is 43.6 Å². The number of benzene rings is 9. The van der Waals surface area contributed by atoms with Crippen molar-refractivity contribution in [2.24, 2.45) is 0 Å². The molecule has 5 heteroatoms. The molecule has 1 aliphatic rings. The van der Waals surface area contributed by atoms with Gasteiger partial charge < -0.3 is 8.83 Å². The number of furan rings is 2. The van der Waals surface area contributed by atoms with Crippen LogP contribution in [0.15, 0.2) is 197 Å². The Labute approximate surface area is 355 Å². The first kappa shape index (κ1) is 34.7. The van der Waals surface area contributed by atoms with Crippen LogP contribution in [0.4, 0.5) is 0 Å². The molecule has 62 heavy (non-hydrogen) atoms. The van der Waals surface area contributed by atoms with Gasteiger partial charge in [-0.15, -0.1) is 0 Å². The minimum Gasteiger partial charge on any atom is -0.456 e. The molecule has 0 atom stereocenters. The number of hydrogen-bond donors (Lipinski definition) is 0. The lowest BCUT2D eigenvalue weighted by atomic mass is 9.87. The van der Waals surface area contributed by atoms with E-state index in [2.05, 4.69) is 158 Å². The third kappa shape index (κ3) is 5.45. The Bertz CT molecular complexity index is 3940. The Hall–Kier alpha value is -8.15. The van der Waals surface area contributed by atoms with Crippen molar-refractivity contribution in [2.45, 2.75) is 12.8 Å². The fourth-order valence-corrected chi connectivity index (χ4v) is 9.81. The van der Waals surface area contributed by atoms with Crippen LogP contribution in [-0.4, -0.2) is 15.0 Å². The molecule has 13 rings (SSSR count). The molecule has 290 valence electrons. The van der Waals surface area contributed by atoms with E-state index in [1.54, 1.807) is 0 Å². The zero-order chi connectivity index (χ0) is 40.7. The molecule has 0 saturated carbocycles. The molecule has 0 spiro atoms. The van der Waals surface area contributed by atoms with E-state index in [-0.39, 0.29) is 0 Å². The molecule has 1 aliphatic carbocycles. The summed E-state index contributed by atoms with van der Waals surface area (Å²) in [6.45, 7) is 0. The summed E-state index contributed by atoms with van der Waals surface area (Å²) in [4.78, 5) is 15.9. The molecule has 0 bridgehead atoms. The summed E-state index contributed by atoms with van der Waals surface area (Å²) >= 11 is 0. The second-order valence-electron chi connectivity index (χ2n) is 16.2. The second kappa shape index (κ2) is 13.7. The maximum Gasteiger partial charge on any atom is 0.164 e. The van der Waals surface area contributed by atoms with Gasteiger partial charge in [-0.05, 0) is 103 Å². The number of nitrogens with zero attached hydrogens (tertiary/aromatic N) is 3. The van der Waals surface area contributed by atoms with Gasteiger partial charge in [-0.3, -0.25) is 0 Å². The molecule has 9 aromatic carbocycles. The van der Waals surface area contributed by atoms with Crippen molar-refractivity contribution in [3.05, 3.63) is 210 Å². The largest absolute Gasteiger partial charge is 0.456 e. The van der Waals surface area contributed by atoms with Gasteiger partial charge in [0.05, 0.1) is 0 Å². The van der Waals surface area contributed by atoms with Crippen LogP contribution in [0.3, 0.4) is 0 Å². The van der Waals surface area contributed by atoms with Crippen molar-refractivity contribution in [3.8, 4) is 33.9 Å². The van der Waals surface area contributed by atoms with Crippen molar-refractivity contribution in [2.75, 3.05) is 0 Å². The van der Waals surface area contributed by atoms with Gasteiger partial charge >= 0.3 is 0 Å². The highest BCUT2D eigenvalue weighted by molar-refractivity contribution is 6.13. The fourth-order valence-electron chi connectivity index (χ4n) is 9.81. The topological polar surface area (TPSA) is 65.0 Å². The van der Waals surface area contributed by atoms with Crippen LogP contribution in [0.5, 0.6) is 0 Å². The van der Waals surface area contributed by atoms with Gasteiger partial charge in [-0.2, -0.15) is 0 Å². The summed E-state index contributed by atoms with van der Waals surface area (Å²) in [5, 5.41) is 11.4. The van der Waals surface area contributed by atoms with Crippen LogP contribution in [0, 0.1) is 0 Å². The van der Waals surface area contributed by atoms with Crippen LogP contribution < -0.4 is 10.4 Å². The van der Waals surface area contributed by atoms with Gasteiger partial charge in [-0.1, -0.05) is 152 Å². The molecule has 12 aromatic rings. The second-order valence-corrected chi connectivity index (χ2v) is 16.2. The Balaban J connectivity index is 1.04. The van der Waals surface area contributed by atoms with Crippen LogP contribution in [0.1, 0.15) is 24.2 Å². The molecule has 0 saturated heterocycles. The van der Waals surface area contributed by atoms with Crippen molar-refractivity contribution in [1.29, 1.82) is 0 Å². The summed E-state index contributed by atoms with van der Waals surface area (Å²) in [7, 11) is 0. The van der Waals surface area contributed by atoms with E-state index >= 15 is 0 Å². The van der Waals surface area contributed by atoms with E-state index < -0.39 is 0 Å². The van der Waals surface area contributed by atoms with Crippen LogP contribution in [-0.2, 0) is 0 Å². The number of fused-ring (bicyclic) bond motifs is 9. The summed E-state index contributed by atoms with van der Waals surface area (Å²) < 4.78 is 12.9. The highest BCUT2D eigenvalue weighted by Gasteiger charge is 2.23. The Morgan fingerprint density at radius 2 is 0.887 bits per heavy atom. The number of hydrogen-bond acceptors (Lipinski definition) is 5. The van der Waals surface area contributed by atoms with Crippen LogP contribution in [0.2, 0.25) is 0 Å². The predicted octanol–water partition coefficient (Wildman–Crippen LogP) is 13.2. The standard InChI is InChI=1S/C57H35N3O2/c1-2-14-36-32-38(27-26-34(36)12-1)55-58-56(60-57(59-55)47-22-11-25-52-54(47)46-19-7-8-23-49(46)61-52)45-30-29-43(41-17-5-6-18-42(41)45)44-21-10-24-51-53(44)48-33-37(28-31-50(48)62-51)40-20-9-15-35-13-3-4-16-39(35)40/h1-28,31-33H,29-30H2. The fraction of sp³-hybridized carbons (Fsp3) is 0.0351. The van der Waals surface area contributed by atoms with Crippen molar-refractivity contribution >= 4 is 76.6 Å². The maximum absolute atomic E-state index is 6.58. The number of rotatable bonds is 5. The average molecular weight is 794 g/mol. The molecule has 3 aromatic heterocycles. The highest BCUT2D eigenvalue weighted by atomic mass is 16.3. The van der Waals surface area contributed by atoms with Crippen molar-refractivity contribution in [3.63, 3.8) is 0 Å². The zero-order valence-corrected chi connectivity index (χ0v) is 33.5. The van der Waals surface area contributed by atoms with Crippen molar-refractivity contribution < 1.29 is 8.83 Å². The Morgan fingerprint density at radius 3 is 1.74 bits per heavy atom. The minimum absolute atomic E-state index is 0.617. The quantitative estimate of drug-likeness (QED) is 0.174. The van der Waals surface area contributed by atoms with Crippen LogP contribution >= 0.6 is 0 Å². The lowest BCUT2D eigenvalue weighted by Crippen LogP contribution is -2.33. The first-order valence-corrected chi connectivity index (χ1v) is 21.1. The van der Waals surface area contributed by atoms with E-state index in [1.807, 2.05) is 30.3 Å². The number of para-hydroxylation sites is 1. The normalized spacial score (nSPS) is 13.0. The maximum atomic E-state index is 6.58. The van der Waals surface area contributed by atoms with Gasteiger partial charge in [0.25, 0.3) is 0 Å². The Morgan fingerprint density at radius 1 is 0.323 bits per heavy atom. The Kier molecular flexibility index (Phi) is 7.66. The van der Waals surface area contributed by atoms with Gasteiger partial charge in [0.2, 0.25) is 0 Å². The average Bonchev–Trinajstić information content (AvgIpc) is 3.92. The van der Waals surface area contributed by atoms with Gasteiger partial charge in [-0.25, -0.2) is 15.0 Å². The third-order valence-electron chi connectivity index (χ3n) is 12.7. The smallest absolute Gasteiger partial charge is 0.164 e. The molecule has 3 heterocycles. The summed E-state index contributed by atoms with van der Waals surface area (Å²) in [5.41, 5.74) is 11.2. The molecule has 0 amide bonds. The SMILES string of the molecule is c1ccc2c(c1)=C(c1nc(-c3ccc4ccccc4c3)nc(-c3cccc4oc5ccccc5c34)n1)CCC=2c1cccc2oc3ccc(-c4cccc5ccccc45)cc3c12. The van der Waals surface area contributed by atoms with Crippen LogP contribution in [0.25, 0.3) is 110 Å². The lowest BCUT2D eigenvalue weighted by molar-refractivity contribution is 0.668. The molecule has 0 N–H and O–H groups in total.